The molecule has 0 saturated carbocycles. The molecular weight excluding hydrogens is 161 g/mol. The summed E-state index contributed by atoms with van der Waals surface area (Å²) in [6.45, 7) is 6.13. The molecule has 0 radical (unpaired) electrons. The fourth-order valence-corrected chi connectivity index (χ4v) is 1.71. The highest BCUT2D eigenvalue weighted by Crippen LogP contribution is 2.23. The summed E-state index contributed by atoms with van der Waals surface area (Å²) in [7, 11) is -1.74. The average Bonchev–Trinajstić information content (AvgIpc) is 1.87. The zero-order valence-electron chi connectivity index (χ0n) is 7.32. The molecule has 11 heavy (non-hydrogen) atoms. The van der Waals surface area contributed by atoms with Crippen LogP contribution in [-0.2, 0) is 0 Å². The minimum atomic E-state index is -1.74. The van der Waals surface area contributed by atoms with Gasteiger partial charge in [0.15, 0.2) is 8.38 Å². The standard InChI is InChI=1S/C7H18NO2P/c1-3-5-8(6-4-2)7-11(9)10/h9-10H,3-7H2,1-2H3. The molecule has 0 aromatic carbocycles. The summed E-state index contributed by atoms with van der Waals surface area (Å²) >= 11 is 0. The van der Waals surface area contributed by atoms with Crippen LogP contribution in [0.4, 0.5) is 0 Å². The van der Waals surface area contributed by atoms with Gasteiger partial charge in [-0.1, -0.05) is 13.8 Å². The Morgan fingerprint density at radius 1 is 1.09 bits per heavy atom. The Kier molecular flexibility index (Phi) is 7.18. The summed E-state index contributed by atoms with van der Waals surface area (Å²) in [6.07, 6.45) is 2.59. The molecule has 0 fully saturated rings. The van der Waals surface area contributed by atoms with Gasteiger partial charge in [0.2, 0.25) is 0 Å². The molecule has 3 nitrogen and oxygen atoms in total. The highest BCUT2D eigenvalue weighted by molar-refractivity contribution is 7.44. The summed E-state index contributed by atoms with van der Waals surface area (Å²) < 4.78 is 0. The van der Waals surface area contributed by atoms with Crippen molar-refractivity contribution in [1.29, 1.82) is 0 Å². The van der Waals surface area contributed by atoms with Crippen LogP contribution in [0.5, 0.6) is 0 Å². The molecule has 0 aliphatic rings. The Morgan fingerprint density at radius 2 is 1.55 bits per heavy atom. The lowest BCUT2D eigenvalue weighted by Crippen LogP contribution is -2.25. The monoisotopic (exact) mass is 179 g/mol. The second-order valence-electron chi connectivity index (χ2n) is 2.63. The molecule has 4 heteroatoms. The number of hydrogen-bond acceptors (Lipinski definition) is 3. The zero-order valence-corrected chi connectivity index (χ0v) is 8.22. The summed E-state index contributed by atoms with van der Waals surface area (Å²) in [5, 5.41) is 0. The van der Waals surface area contributed by atoms with Gasteiger partial charge in [0.05, 0.1) is 6.29 Å². The topological polar surface area (TPSA) is 43.7 Å². The maximum atomic E-state index is 8.75. The lowest BCUT2D eigenvalue weighted by Gasteiger charge is -2.20. The van der Waals surface area contributed by atoms with E-state index in [4.69, 9.17) is 9.79 Å². The van der Waals surface area contributed by atoms with E-state index in [-0.39, 0.29) is 0 Å². The maximum absolute atomic E-state index is 8.75. The van der Waals surface area contributed by atoms with Gasteiger partial charge in [0.25, 0.3) is 0 Å². The first-order chi connectivity index (χ1) is 5.20. The van der Waals surface area contributed by atoms with Crippen molar-refractivity contribution in [2.45, 2.75) is 26.7 Å². The van der Waals surface area contributed by atoms with Crippen LogP contribution in [0.3, 0.4) is 0 Å². The first kappa shape index (κ1) is 11.3. The van der Waals surface area contributed by atoms with Crippen molar-refractivity contribution in [3.63, 3.8) is 0 Å². The molecule has 0 aliphatic carbocycles. The van der Waals surface area contributed by atoms with E-state index in [1.165, 1.54) is 0 Å². The molecule has 0 spiro atoms. The van der Waals surface area contributed by atoms with Gasteiger partial charge in [-0.3, -0.25) is 4.90 Å². The zero-order chi connectivity index (χ0) is 8.69. The Morgan fingerprint density at radius 3 is 1.82 bits per heavy atom. The molecule has 0 aliphatic heterocycles. The van der Waals surface area contributed by atoms with E-state index >= 15 is 0 Å². The van der Waals surface area contributed by atoms with E-state index in [2.05, 4.69) is 18.7 Å². The van der Waals surface area contributed by atoms with E-state index in [0.717, 1.165) is 25.9 Å². The highest BCUT2D eigenvalue weighted by Gasteiger charge is 2.06. The molecule has 68 valence electrons. The Labute approximate surface area is 70.0 Å². The lowest BCUT2D eigenvalue weighted by molar-refractivity contribution is 0.301. The molecule has 0 amide bonds. The van der Waals surface area contributed by atoms with E-state index in [1.807, 2.05) is 0 Å². The quantitative estimate of drug-likeness (QED) is 0.605. The van der Waals surface area contributed by atoms with Crippen molar-refractivity contribution >= 4 is 8.38 Å². The molecule has 0 heterocycles. The molecule has 0 bridgehead atoms. The SMILES string of the molecule is CCCN(CCC)CP(O)O. The van der Waals surface area contributed by atoms with Crippen molar-refractivity contribution in [1.82, 2.24) is 4.90 Å². The number of nitrogens with zero attached hydrogens (tertiary/aromatic N) is 1. The van der Waals surface area contributed by atoms with Crippen LogP contribution < -0.4 is 0 Å². The minimum Gasteiger partial charge on any atom is -0.349 e. The van der Waals surface area contributed by atoms with Gasteiger partial charge < -0.3 is 9.79 Å². The van der Waals surface area contributed by atoms with Crippen molar-refractivity contribution < 1.29 is 9.79 Å². The summed E-state index contributed by atoms with van der Waals surface area (Å²) in [5.41, 5.74) is 0. The summed E-state index contributed by atoms with van der Waals surface area (Å²) in [5.74, 6) is 0. The first-order valence-corrected chi connectivity index (χ1v) is 5.51. The van der Waals surface area contributed by atoms with Gasteiger partial charge in [-0.15, -0.1) is 0 Å². The fourth-order valence-electron chi connectivity index (χ4n) is 1.06. The molecule has 0 aromatic rings. The van der Waals surface area contributed by atoms with Crippen LogP contribution in [0.25, 0.3) is 0 Å². The first-order valence-electron chi connectivity index (χ1n) is 4.08. The van der Waals surface area contributed by atoms with Gasteiger partial charge >= 0.3 is 0 Å². The van der Waals surface area contributed by atoms with Crippen molar-refractivity contribution in [3.05, 3.63) is 0 Å². The molecule has 0 unspecified atom stereocenters. The van der Waals surface area contributed by atoms with E-state index in [1.54, 1.807) is 0 Å². The fraction of sp³-hybridized carbons (Fsp3) is 1.00. The molecular formula is C7H18NO2P. The second kappa shape index (κ2) is 6.99. The number of hydrogen-bond donors (Lipinski definition) is 2. The van der Waals surface area contributed by atoms with Crippen LogP contribution in [0.1, 0.15) is 26.7 Å². The Hall–Kier alpha value is 0.310. The van der Waals surface area contributed by atoms with Crippen LogP contribution >= 0.6 is 8.38 Å². The number of rotatable bonds is 6. The highest BCUT2D eigenvalue weighted by atomic mass is 31.2. The van der Waals surface area contributed by atoms with E-state index in [0.29, 0.717) is 6.29 Å². The molecule has 0 saturated heterocycles. The maximum Gasteiger partial charge on any atom is 0.180 e. The van der Waals surface area contributed by atoms with Crippen LogP contribution in [0.2, 0.25) is 0 Å². The third-order valence-corrected chi connectivity index (χ3v) is 2.06. The van der Waals surface area contributed by atoms with Crippen LogP contribution in [-0.4, -0.2) is 34.1 Å². The average molecular weight is 179 g/mol. The smallest absolute Gasteiger partial charge is 0.180 e. The van der Waals surface area contributed by atoms with Crippen molar-refractivity contribution in [2.24, 2.45) is 0 Å². The van der Waals surface area contributed by atoms with E-state index < -0.39 is 8.38 Å². The molecule has 0 rings (SSSR count). The van der Waals surface area contributed by atoms with Crippen molar-refractivity contribution in [2.75, 3.05) is 19.4 Å². The predicted octanol–water partition coefficient (Wildman–Crippen LogP) is 1.36. The van der Waals surface area contributed by atoms with Crippen LogP contribution in [0.15, 0.2) is 0 Å². The molecule has 0 atom stereocenters. The minimum absolute atomic E-state index is 0.441. The summed E-state index contributed by atoms with van der Waals surface area (Å²) in [6, 6.07) is 0. The van der Waals surface area contributed by atoms with E-state index in [9.17, 15) is 0 Å². The van der Waals surface area contributed by atoms with Gasteiger partial charge in [0, 0.05) is 0 Å². The van der Waals surface area contributed by atoms with Crippen LogP contribution in [0, 0.1) is 0 Å². The second-order valence-corrected chi connectivity index (χ2v) is 3.66. The third-order valence-electron chi connectivity index (χ3n) is 1.41. The Balaban J connectivity index is 3.50. The van der Waals surface area contributed by atoms with Gasteiger partial charge in [-0.2, -0.15) is 0 Å². The lowest BCUT2D eigenvalue weighted by atomic mass is 10.4. The Bertz CT molecular complexity index is 84.5. The van der Waals surface area contributed by atoms with Gasteiger partial charge in [0.1, 0.15) is 0 Å². The van der Waals surface area contributed by atoms with Crippen molar-refractivity contribution in [3.8, 4) is 0 Å². The normalized spacial score (nSPS) is 11.5. The molecule has 2 N–H and O–H groups in total. The predicted molar refractivity (Wildman–Crippen MR) is 48.4 cm³/mol. The summed E-state index contributed by atoms with van der Waals surface area (Å²) in [4.78, 5) is 19.6. The largest absolute Gasteiger partial charge is 0.349 e. The molecule has 0 aromatic heterocycles. The van der Waals surface area contributed by atoms with Gasteiger partial charge in [-0.05, 0) is 25.9 Å². The third kappa shape index (κ3) is 6.70. The van der Waals surface area contributed by atoms with Gasteiger partial charge in [-0.25, -0.2) is 0 Å².